The predicted octanol–water partition coefficient (Wildman–Crippen LogP) is 11.3. The van der Waals surface area contributed by atoms with Gasteiger partial charge in [0.25, 0.3) is 0 Å². The summed E-state index contributed by atoms with van der Waals surface area (Å²) < 4.78 is 12.7. The van der Waals surface area contributed by atoms with Gasteiger partial charge in [0.2, 0.25) is 0 Å². The van der Waals surface area contributed by atoms with Crippen LogP contribution in [0.4, 0.5) is 17.1 Å². The summed E-state index contributed by atoms with van der Waals surface area (Å²) in [5.74, 6) is 2.94. The van der Waals surface area contributed by atoms with E-state index in [4.69, 9.17) is 9.47 Å². The van der Waals surface area contributed by atoms with E-state index in [9.17, 15) is 0 Å². The highest BCUT2D eigenvalue weighted by Gasteiger charge is 2.39. The van der Waals surface area contributed by atoms with Crippen LogP contribution in [-0.4, -0.2) is 16.1 Å². The van der Waals surface area contributed by atoms with Crippen molar-refractivity contribution in [1.82, 2.24) is 0 Å². The van der Waals surface area contributed by atoms with Gasteiger partial charge in [-0.3, -0.25) is 0 Å². The average molecular weight is 756 g/mol. The number of rotatable bonds is 4. The van der Waals surface area contributed by atoms with Gasteiger partial charge in [0, 0.05) is 30.8 Å². The van der Waals surface area contributed by atoms with E-state index in [1.807, 2.05) is 59.9 Å². The number of ether oxygens (including phenoxy) is 2. The summed E-state index contributed by atoms with van der Waals surface area (Å²) in [6, 6.07) is 55.1. The molecule has 0 saturated carbocycles. The van der Waals surface area contributed by atoms with Crippen molar-refractivity contribution < 1.29 is 9.47 Å². The molecule has 0 aliphatic carbocycles. The Morgan fingerprint density at radius 1 is 0.434 bits per heavy atom. The summed E-state index contributed by atoms with van der Waals surface area (Å²) in [4.78, 5) is 8.02. The molecule has 0 aromatic heterocycles. The van der Waals surface area contributed by atoms with Crippen LogP contribution in [-0.2, 0) is 0 Å². The first-order valence-electron chi connectivity index (χ1n) is 18.1. The second kappa shape index (κ2) is 12.3. The van der Waals surface area contributed by atoms with Crippen molar-refractivity contribution in [2.75, 3.05) is 4.90 Å². The van der Waals surface area contributed by atoms with Crippen LogP contribution in [0.2, 0.25) is 26.2 Å². The smallest absolute Gasteiger partial charge is 0.177 e. The Morgan fingerprint density at radius 3 is 1.49 bits per heavy atom. The zero-order valence-corrected chi connectivity index (χ0v) is 33.6. The fraction of sp³-hybridized carbons (Fsp3) is 0.0870. The van der Waals surface area contributed by atoms with E-state index in [1.54, 1.807) is 0 Å². The topological polar surface area (TPSA) is 21.7 Å². The first-order valence-corrected chi connectivity index (χ1v) is 25.7. The molecule has 258 valence electrons. The molecule has 0 fully saturated rings. The van der Waals surface area contributed by atoms with E-state index >= 15 is 0 Å². The van der Waals surface area contributed by atoms with Gasteiger partial charge in [-0.1, -0.05) is 147 Å². The van der Waals surface area contributed by atoms with Crippen LogP contribution >= 0.6 is 23.5 Å². The molecule has 7 heteroatoms. The molecule has 0 bridgehead atoms. The summed E-state index contributed by atoms with van der Waals surface area (Å²) >= 11 is 3.86. The normalized spacial score (nSPS) is 15.2. The zero-order valence-electron chi connectivity index (χ0n) is 30.0. The van der Waals surface area contributed by atoms with Crippen LogP contribution in [0, 0.1) is 0 Å². The van der Waals surface area contributed by atoms with E-state index in [1.165, 1.54) is 51.7 Å². The van der Waals surface area contributed by atoms with Crippen LogP contribution in [0.5, 0.6) is 23.0 Å². The number of benzene rings is 7. The molecule has 0 amide bonds. The van der Waals surface area contributed by atoms with E-state index in [-0.39, 0.29) is 0 Å². The van der Waals surface area contributed by atoms with Gasteiger partial charge in [-0.2, -0.15) is 0 Å². The number of hydrogen-bond acceptors (Lipinski definition) is 5. The Morgan fingerprint density at radius 2 is 0.906 bits per heavy atom. The van der Waals surface area contributed by atoms with E-state index in [2.05, 4.69) is 146 Å². The molecule has 10 rings (SSSR count). The Labute approximate surface area is 321 Å². The lowest BCUT2D eigenvalue weighted by atomic mass is 10.0. The van der Waals surface area contributed by atoms with Gasteiger partial charge in [0.1, 0.15) is 16.1 Å². The Hall–Kier alpha value is -4.93. The second-order valence-electron chi connectivity index (χ2n) is 14.9. The van der Waals surface area contributed by atoms with Gasteiger partial charge >= 0.3 is 0 Å². The molecule has 7 aromatic rings. The molecular formula is C46H37NO2S2Si2. The van der Waals surface area contributed by atoms with Crippen molar-refractivity contribution in [3.63, 3.8) is 0 Å². The lowest BCUT2D eigenvalue weighted by molar-refractivity contribution is 0.361. The van der Waals surface area contributed by atoms with Crippen LogP contribution in [0.25, 0.3) is 11.1 Å². The molecule has 3 heterocycles. The third-order valence-corrected chi connectivity index (χ3v) is 21.3. The third kappa shape index (κ3) is 5.17. The summed E-state index contributed by atoms with van der Waals surface area (Å²) in [5.41, 5.74) is 5.67. The number of fused-ring (bicyclic) bond motifs is 6. The van der Waals surface area contributed by atoms with Crippen LogP contribution in [0.15, 0.2) is 171 Å². The summed E-state index contributed by atoms with van der Waals surface area (Å²) in [5, 5.41) is 6.02. The van der Waals surface area contributed by atoms with Crippen molar-refractivity contribution in [3.8, 4) is 34.1 Å². The number of nitrogens with zero attached hydrogens (tertiary/aromatic N) is 1. The van der Waals surface area contributed by atoms with Gasteiger partial charge in [-0.05, 0) is 80.9 Å². The lowest BCUT2D eigenvalue weighted by Gasteiger charge is -2.39. The largest absolute Gasteiger partial charge is 0.449 e. The molecule has 0 radical (unpaired) electrons. The lowest BCUT2D eigenvalue weighted by Crippen LogP contribution is -2.56. The minimum atomic E-state index is -1.97. The maximum absolute atomic E-state index is 6.47. The van der Waals surface area contributed by atoms with Crippen molar-refractivity contribution in [2.45, 2.75) is 45.8 Å². The highest BCUT2D eigenvalue weighted by atomic mass is 32.2. The van der Waals surface area contributed by atoms with E-state index in [0.29, 0.717) is 0 Å². The highest BCUT2D eigenvalue weighted by molar-refractivity contribution is 8.00. The fourth-order valence-electron chi connectivity index (χ4n) is 8.23. The maximum atomic E-state index is 6.47. The number of anilines is 3. The molecule has 0 saturated heterocycles. The minimum absolute atomic E-state index is 0.729. The third-order valence-electron chi connectivity index (χ3n) is 11.1. The van der Waals surface area contributed by atoms with Gasteiger partial charge in [0.05, 0.1) is 11.4 Å². The Balaban J connectivity index is 1.15. The molecule has 3 nitrogen and oxygen atoms in total. The van der Waals surface area contributed by atoms with Gasteiger partial charge < -0.3 is 14.4 Å². The molecule has 0 atom stereocenters. The average Bonchev–Trinajstić information content (AvgIpc) is 3.18. The number of para-hydroxylation sites is 3. The first-order chi connectivity index (χ1) is 25.8. The second-order valence-corrected chi connectivity index (χ2v) is 25.7. The Kier molecular flexibility index (Phi) is 7.60. The number of hydrogen-bond donors (Lipinski definition) is 0. The molecule has 0 spiro atoms. The van der Waals surface area contributed by atoms with Crippen molar-refractivity contribution in [1.29, 1.82) is 0 Å². The van der Waals surface area contributed by atoms with Crippen LogP contribution in [0.1, 0.15) is 0 Å². The zero-order chi connectivity index (χ0) is 35.9. The summed E-state index contributed by atoms with van der Waals surface area (Å²) in [6.07, 6.45) is 0. The minimum Gasteiger partial charge on any atom is -0.449 e. The van der Waals surface area contributed by atoms with Gasteiger partial charge in [-0.25, -0.2) is 0 Å². The summed E-state index contributed by atoms with van der Waals surface area (Å²) in [6.45, 7) is 10.0. The highest BCUT2D eigenvalue weighted by Crippen LogP contribution is 2.51. The Bertz CT molecular complexity index is 2490. The molecular weight excluding hydrogens is 719 g/mol. The molecule has 3 aliphatic heterocycles. The first kappa shape index (κ1) is 32.7. The molecule has 3 aliphatic rings. The molecule has 53 heavy (non-hydrogen) atoms. The van der Waals surface area contributed by atoms with Crippen molar-refractivity contribution in [3.05, 3.63) is 152 Å². The standard InChI is InChI=1S/C46H37NO2S2Si2/c1-52(2)40-22-9-7-20-38(40)50-45-33(15-12-24-42(45)52)47(34-16-13-25-43-46(34)51-39-21-8-10-23-41(39)53(43,3)4)31-28-26-30(27-29-31)32-14-11-19-37-44(32)49-36-18-6-5-17-35(36)48-37/h5-29H,1-4H3. The molecule has 0 unspecified atom stereocenters. The van der Waals surface area contributed by atoms with Crippen molar-refractivity contribution in [2.24, 2.45) is 0 Å². The summed E-state index contributed by atoms with van der Waals surface area (Å²) in [7, 11) is -3.95. The quantitative estimate of drug-likeness (QED) is 0.166. The SMILES string of the molecule is C[Si]1(C)c2ccccc2Sc2c(N(c3ccc(-c4cccc5c4Oc4ccccc4O5)cc3)c3cccc4c3Sc3ccccc3[Si]4(C)C)cccc21. The van der Waals surface area contributed by atoms with E-state index in [0.717, 1.165) is 39.8 Å². The van der Waals surface area contributed by atoms with Crippen LogP contribution in [0.3, 0.4) is 0 Å². The van der Waals surface area contributed by atoms with Crippen LogP contribution < -0.4 is 35.1 Å². The fourth-order valence-corrected chi connectivity index (χ4v) is 19.3. The maximum Gasteiger partial charge on any atom is 0.177 e. The molecule has 0 N–H and O–H groups in total. The van der Waals surface area contributed by atoms with Gasteiger partial charge in [0.15, 0.2) is 23.0 Å². The predicted molar refractivity (Wildman–Crippen MR) is 228 cm³/mol. The van der Waals surface area contributed by atoms with Gasteiger partial charge in [-0.15, -0.1) is 0 Å². The monoisotopic (exact) mass is 755 g/mol. The molecule has 7 aromatic carbocycles. The van der Waals surface area contributed by atoms with E-state index < -0.39 is 16.1 Å². The van der Waals surface area contributed by atoms with Crippen molar-refractivity contribution >= 4 is 77.5 Å².